The highest BCUT2D eigenvalue weighted by Crippen LogP contribution is 2.26. The van der Waals surface area contributed by atoms with Crippen LogP contribution in [0, 0.1) is 5.92 Å². The molecule has 1 fully saturated rings. The van der Waals surface area contributed by atoms with Crippen LogP contribution in [0.25, 0.3) is 0 Å². The Morgan fingerprint density at radius 2 is 1.73 bits per heavy atom. The van der Waals surface area contributed by atoms with Gasteiger partial charge >= 0.3 is 0 Å². The maximum Gasteiger partial charge on any atom is 0.220 e. The summed E-state index contributed by atoms with van der Waals surface area (Å²) in [5, 5.41) is 0. The van der Waals surface area contributed by atoms with Crippen molar-refractivity contribution in [2.45, 2.75) is 31.3 Å². The zero-order chi connectivity index (χ0) is 8.48. The highest BCUT2D eigenvalue weighted by Gasteiger charge is 2.30. The summed E-state index contributed by atoms with van der Waals surface area (Å²) in [6, 6.07) is 0. The number of carbonyl (C=O) groups excluding carboxylic acids is 1. The van der Waals surface area contributed by atoms with Gasteiger partial charge in [-0.3, -0.25) is 4.79 Å². The quantitative estimate of drug-likeness (QED) is 0.438. The molecule has 0 bridgehead atoms. The molecule has 11 heavy (non-hydrogen) atoms. The normalized spacial score (nSPS) is 24.9. The maximum absolute atomic E-state index is 10.7. The summed E-state index contributed by atoms with van der Waals surface area (Å²) in [6.07, 6.45) is 2.87. The van der Waals surface area contributed by atoms with Crippen molar-refractivity contribution in [3.63, 3.8) is 0 Å². The van der Waals surface area contributed by atoms with Gasteiger partial charge in [-0.1, -0.05) is 0 Å². The summed E-state index contributed by atoms with van der Waals surface area (Å²) in [5.74, 6) is -0.226. The SMILES string of the molecule is NC(=O)C1CCC(N)(N)CC1. The summed E-state index contributed by atoms with van der Waals surface area (Å²) in [4.78, 5) is 10.7. The van der Waals surface area contributed by atoms with Crippen LogP contribution >= 0.6 is 0 Å². The first kappa shape index (κ1) is 8.49. The molecule has 64 valence electrons. The number of nitrogens with two attached hydrogens (primary N) is 3. The zero-order valence-electron chi connectivity index (χ0n) is 6.55. The lowest BCUT2D eigenvalue weighted by Gasteiger charge is -2.32. The summed E-state index contributed by atoms with van der Waals surface area (Å²) in [6.45, 7) is 0. The van der Waals surface area contributed by atoms with Crippen LogP contribution in [-0.4, -0.2) is 11.6 Å². The first-order chi connectivity index (χ1) is 5.01. The van der Waals surface area contributed by atoms with Crippen molar-refractivity contribution in [1.82, 2.24) is 0 Å². The van der Waals surface area contributed by atoms with Crippen molar-refractivity contribution in [3.05, 3.63) is 0 Å². The summed E-state index contributed by atoms with van der Waals surface area (Å²) in [5.41, 5.74) is 15.9. The Kier molecular flexibility index (Phi) is 2.15. The smallest absolute Gasteiger partial charge is 0.220 e. The Balaban J connectivity index is 2.42. The van der Waals surface area contributed by atoms with Crippen LogP contribution < -0.4 is 17.2 Å². The van der Waals surface area contributed by atoms with Gasteiger partial charge in [0.15, 0.2) is 0 Å². The second kappa shape index (κ2) is 2.79. The Bertz CT molecular complexity index is 157. The Morgan fingerprint density at radius 3 is 2.09 bits per heavy atom. The van der Waals surface area contributed by atoms with Gasteiger partial charge < -0.3 is 17.2 Å². The fourth-order valence-electron chi connectivity index (χ4n) is 1.44. The van der Waals surface area contributed by atoms with E-state index in [0.717, 1.165) is 12.8 Å². The third-order valence-corrected chi connectivity index (χ3v) is 2.32. The lowest BCUT2D eigenvalue weighted by Crippen LogP contribution is -2.52. The van der Waals surface area contributed by atoms with Crippen molar-refractivity contribution in [2.75, 3.05) is 0 Å². The predicted molar refractivity (Wildman–Crippen MR) is 42.3 cm³/mol. The summed E-state index contributed by atoms with van der Waals surface area (Å²) in [7, 11) is 0. The van der Waals surface area contributed by atoms with E-state index >= 15 is 0 Å². The van der Waals surface area contributed by atoms with Gasteiger partial charge in [-0.25, -0.2) is 0 Å². The van der Waals surface area contributed by atoms with Gasteiger partial charge in [0.1, 0.15) is 0 Å². The van der Waals surface area contributed by atoms with E-state index in [1.807, 2.05) is 0 Å². The van der Waals surface area contributed by atoms with E-state index in [1.165, 1.54) is 0 Å². The van der Waals surface area contributed by atoms with E-state index in [0.29, 0.717) is 12.8 Å². The van der Waals surface area contributed by atoms with Gasteiger partial charge in [-0.15, -0.1) is 0 Å². The minimum absolute atomic E-state index is 0.00442. The number of amides is 1. The van der Waals surface area contributed by atoms with Crippen molar-refractivity contribution in [3.8, 4) is 0 Å². The molecule has 0 aromatic carbocycles. The minimum Gasteiger partial charge on any atom is -0.369 e. The Hall–Kier alpha value is -0.610. The molecule has 0 aromatic heterocycles. The van der Waals surface area contributed by atoms with E-state index in [2.05, 4.69) is 0 Å². The van der Waals surface area contributed by atoms with Crippen molar-refractivity contribution in [2.24, 2.45) is 23.1 Å². The second-order valence-electron chi connectivity index (χ2n) is 3.41. The van der Waals surface area contributed by atoms with Crippen molar-refractivity contribution in [1.29, 1.82) is 0 Å². The molecule has 0 spiro atoms. The van der Waals surface area contributed by atoms with Crippen LogP contribution in [0.2, 0.25) is 0 Å². The highest BCUT2D eigenvalue weighted by molar-refractivity contribution is 5.76. The molecular formula is C7H15N3O. The van der Waals surface area contributed by atoms with Crippen LogP contribution in [0.4, 0.5) is 0 Å². The van der Waals surface area contributed by atoms with Gasteiger partial charge in [0.25, 0.3) is 0 Å². The number of carbonyl (C=O) groups is 1. The molecule has 1 saturated carbocycles. The van der Waals surface area contributed by atoms with E-state index in [9.17, 15) is 4.79 Å². The van der Waals surface area contributed by atoms with Gasteiger partial charge in [0.05, 0.1) is 5.66 Å². The largest absolute Gasteiger partial charge is 0.369 e. The number of primary amides is 1. The highest BCUT2D eigenvalue weighted by atomic mass is 16.1. The molecule has 0 radical (unpaired) electrons. The van der Waals surface area contributed by atoms with Crippen LogP contribution in [0.1, 0.15) is 25.7 Å². The lowest BCUT2D eigenvalue weighted by atomic mass is 9.82. The summed E-state index contributed by atoms with van der Waals surface area (Å²) < 4.78 is 0. The molecule has 4 nitrogen and oxygen atoms in total. The van der Waals surface area contributed by atoms with Gasteiger partial charge in [0, 0.05) is 5.92 Å². The molecule has 1 aliphatic carbocycles. The standard InChI is InChI=1S/C7H15N3O/c8-6(11)5-1-3-7(9,10)4-2-5/h5H,1-4,9-10H2,(H2,8,11). The van der Waals surface area contributed by atoms with Crippen molar-refractivity contribution >= 4 is 5.91 Å². The third kappa shape index (κ3) is 2.17. The molecule has 0 aromatic rings. The van der Waals surface area contributed by atoms with E-state index in [4.69, 9.17) is 17.2 Å². The van der Waals surface area contributed by atoms with Crippen molar-refractivity contribution < 1.29 is 4.79 Å². The topological polar surface area (TPSA) is 95.1 Å². The van der Waals surface area contributed by atoms with Gasteiger partial charge in [-0.05, 0) is 25.7 Å². The van der Waals surface area contributed by atoms with Crippen LogP contribution in [0.5, 0.6) is 0 Å². The molecule has 0 saturated heterocycles. The monoisotopic (exact) mass is 157 g/mol. The predicted octanol–water partition coefficient (Wildman–Crippen LogP) is -0.724. The lowest BCUT2D eigenvalue weighted by molar-refractivity contribution is -0.123. The van der Waals surface area contributed by atoms with E-state index in [1.54, 1.807) is 0 Å². The van der Waals surface area contributed by atoms with Crippen LogP contribution in [-0.2, 0) is 4.79 Å². The molecule has 0 unspecified atom stereocenters. The first-order valence-electron chi connectivity index (χ1n) is 3.88. The average Bonchev–Trinajstić information content (AvgIpc) is 1.86. The number of rotatable bonds is 1. The zero-order valence-corrected chi connectivity index (χ0v) is 6.55. The molecule has 0 atom stereocenters. The molecule has 1 aliphatic rings. The summed E-state index contributed by atoms with van der Waals surface area (Å²) >= 11 is 0. The Labute approximate surface area is 66.1 Å². The van der Waals surface area contributed by atoms with Gasteiger partial charge in [-0.2, -0.15) is 0 Å². The third-order valence-electron chi connectivity index (χ3n) is 2.32. The molecule has 1 rings (SSSR count). The molecule has 0 heterocycles. The van der Waals surface area contributed by atoms with E-state index in [-0.39, 0.29) is 11.8 Å². The maximum atomic E-state index is 10.7. The molecular weight excluding hydrogens is 142 g/mol. The second-order valence-corrected chi connectivity index (χ2v) is 3.41. The number of hydrogen-bond donors (Lipinski definition) is 3. The molecule has 0 aliphatic heterocycles. The molecule has 1 amide bonds. The van der Waals surface area contributed by atoms with Crippen LogP contribution in [0.15, 0.2) is 0 Å². The molecule has 4 heteroatoms. The van der Waals surface area contributed by atoms with Crippen LogP contribution in [0.3, 0.4) is 0 Å². The fourth-order valence-corrected chi connectivity index (χ4v) is 1.44. The fraction of sp³-hybridized carbons (Fsp3) is 0.857. The van der Waals surface area contributed by atoms with Gasteiger partial charge in [0.2, 0.25) is 5.91 Å². The Morgan fingerprint density at radius 1 is 1.27 bits per heavy atom. The number of hydrogen-bond acceptors (Lipinski definition) is 3. The minimum atomic E-state index is -0.564. The molecule has 6 N–H and O–H groups in total. The van der Waals surface area contributed by atoms with E-state index < -0.39 is 5.66 Å². The first-order valence-corrected chi connectivity index (χ1v) is 3.88. The average molecular weight is 157 g/mol.